The second kappa shape index (κ2) is 7.66. The number of hydrogen-bond donors (Lipinski definition) is 1. The number of methoxy groups -OCH3 is 1. The van der Waals surface area contributed by atoms with Crippen molar-refractivity contribution in [1.82, 2.24) is 0 Å². The van der Waals surface area contributed by atoms with Crippen molar-refractivity contribution in [3.8, 4) is 11.5 Å². The van der Waals surface area contributed by atoms with Crippen LogP contribution in [-0.4, -0.2) is 13.0 Å². The summed E-state index contributed by atoms with van der Waals surface area (Å²) < 4.78 is 10.9. The summed E-state index contributed by atoms with van der Waals surface area (Å²) in [5.41, 5.74) is 1.74. The van der Waals surface area contributed by atoms with Crippen LogP contribution in [0, 0.1) is 0 Å². The Morgan fingerprint density at radius 3 is 2.62 bits per heavy atom. The van der Waals surface area contributed by atoms with E-state index in [1.807, 2.05) is 66.0 Å². The van der Waals surface area contributed by atoms with E-state index >= 15 is 0 Å². The summed E-state index contributed by atoms with van der Waals surface area (Å²) in [6, 6.07) is 18.7. The first kappa shape index (κ1) is 16.1. The van der Waals surface area contributed by atoms with Crippen LogP contribution in [0.2, 0.25) is 0 Å². The summed E-state index contributed by atoms with van der Waals surface area (Å²) >= 11 is 1.40. The van der Waals surface area contributed by atoms with Gasteiger partial charge in [0.05, 0.1) is 12.0 Å². The zero-order chi connectivity index (χ0) is 16.8. The molecule has 0 radical (unpaired) electrons. The van der Waals surface area contributed by atoms with Gasteiger partial charge in [-0.1, -0.05) is 24.3 Å². The fourth-order valence-corrected chi connectivity index (χ4v) is 2.93. The molecule has 2 aromatic carbocycles. The average Bonchev–Trinajstić information content (AvgIpc) is 3.10. The van der Waals surface area contributed by atoms with E-state index in [2.05, 4.69) is 5.32 Å². The van der Waals surface area contributed by atoms with Crippen LogP contribution in [0.3, 0.4) is 0 Å². The third-order valence-corrected chi connectivity index (χ3v) is 4.33. The smallest absolute Gasteiger partial charge is 0.265 e. The molecule has 0 spiro atoms. The first-order valence-corrected chi connectivity index (χ1v) is 8.33. The van der Waals surface area contributed by atoms with Crippen molar-refractivity contribution in [3.05, 3.63) is 76.5 Å². The average molecular weight is 339 g/mol. The number of carbonyl (C=O) groups is 1. The van der Waals surface area contributed by atoms with E-state index in [1.54, 1.807) is 7.11 Å². The molecule has 0 saturated heterocycles. The Bertz CT molecular complexity index is 814. The van der Waals surface area contributed by atoms with Crippen molar-refractivity contribution in [3.63, 3.8) is 0 Å². The highest BCUT2D eigenvalue weighted by Gasteiger charge is 2.10. The van der Waals surface area contributed by atoms with Gasteiger partial charge < -0.3 is 14.8 Å². The zero-order valence-corrected chi connectivity index (χ0v) is 14.0. The van der Waals surface area contributed by atoms with Gasteiger partial charge in [-0.2, -0.15) is 0 Å². The van der Waals surface area contributed by atoms with Crippen molar-refractivity contribution >= 4 is 22.9 Å². The largest absolute Gasteiger partial charge is 0.497 e. The number of rotatable bonds is 6. The molecule has 1 N–H and O–H groups in total. The summed E-state index contributed by atoms with van der Waals surface area (Å²) in [6.07, 6.45) is 0. The normalized spacial score (nSPS) is 10.2. The van der Waals surface area contributed by atoms with Gasteiger partial charge in [-0.3, -0.25) is 4.79 Å². The molecular formula is C19H17NO3S. The van der Waals surface area contributed by atoms with Crippen LogP contribution in [0.25, 0.3) is 0 Å². The SMILES string of the molecule is COc1cccc(OCc2csc(C(=O)Nc3ccccc3)c2)c1. The van der Waals surface area contributed by atoms with Crippen molar-refractivity contribution in [2.45, 2.75) is 6.61 Å². The Labute approximate surface area is 144 Å². The van der Waals surface area contributed by atoms with E-state index < -0.39 is 0 Å². The van der Waals surface area contributed by atoms with Crippen LogP contribution < -0.4 is 14.8 Å². The van der Waals surface area contributed by atoms with Crippen LogP contribution in [0.15, 0.2) is 66.0 Å². The minimum absolute atomic E-state index is 0.112. The highest BCUT2D eigenvalue weighted by molar-refractivity contribution is 7.12. The van der Waals surface area contributed by atoms with Gasteiger partial charge in [0.2, 0.25) is 0 Å². The summed E-state index contributed by atoms with van der Waals surface area (Å²) in [4.78, 5) is 12.9. The molecule has 0 aliphatic carbocycles. The second-order valence-electron chi connectivity index (χ2n) is 5.11. The molecule has 122 valence electrons. The maximum absolute atomic E-state index is 12.2. The van der Waals surface area contributed by atoms with Gasteiger partial charge >= 0.3 is 0 Å². The lowest BCUT2D eigenvalue weighted by Crippen LogP contribution is -2.09. The van der Waals surface area contributed by atoms with Gasteiger partial charge in [-0.05, 0) is 35.7 Å². The van der Waals surface area contributed by atoms with Gasteiger partial charge in [0.1, 0.15) is 18.1 Å². The molecule has 3 aromatic rings. The number of hydrogen-bond acceptors (Lipinski definition) is 4. The molecule has 0 fully saturated rings. The predicted molar refractivity (Wildman–Crippen MR) is 96.0 cm³/mol. The Hall–Kier alpha value is -2.79. The van der Waals surface area contributed by atoms with E-state index in [0.717, 1.165) is 22.7 Å². The topological polar surface area (TPSA) is 47.6 Å². The van der Waals surface area contributed by atoms with Crippen LogP contribution in [0.4, 0.5) is 5.69 Å². The zero-order valence-electron chi connectivity index (χ0n) is 13.2. The first-order valence-electron chi connectivity index (χ1n) is 7.45. The highest BCUT2D eigenvalue weighted by Crippen LogP contribution is 2.22. The lowest BCUT2D eigenvalue weighted by molar-refractivity contribution is 0.103. The fourth-order valence-electron chi connectivity index (χ4n) is 2.14. The van der Waals surface area contributed by atoms with Crippen LogP contribution in [0.1, 0.15) is 15.2 Å². The van der Waals surface area contributed by atoms with Crippen LogP contribution in [0.5, 0.6) is 11.5 Å². The van der Waals surface area contributed by atoms with Crippen molar-refractivity contribution in [2.75, 3.05) is 12.4 Å². The molecule has 3 rings (SSSR count). The minimum atomic E-state index is -0.112. The van der Waals surface area contributed by atoms with Gasteiger partial charge in [-0.15, -0.1) is 11.3 Å². The molecule has 1 amide bonds. The van der Waals surface area contributed by atoms with Crippen molar-refractivity contribution in [2.24, 2.45) is 0 Å². The van der Waals surface area contributed by atoms with E-state index in [-0.39, 0.29) is 5.91 Å². The molecule has 1 heterocycles. The summed E-state index contributed by atoms with van der Waals surface area (Å²) in [6.45, 7) is 0.405. The lowest BCUT2D eigenvalue weighted by atomic mass is 10.3. The third-order valence-electron chi connectivity index (χ3n) is 3.36. The minimum Gasteiger partial charge on any atom is -0.497 e. The molecule has 0 unspecified atom stereocenters. The molecule has 1 aromatic heterocycles. The monoisotopic (exact) mass is 339 g/mol. The quantitative estimate of drug-likeness (QED) is 0.714. The predicted octanol–water partition coefficient (Wildman–Crippen LogP) is 4.59. The maximum atomic E-state index is 12.2. The molecule has 0 atom stereocenters. The number of amides is 1. The van der Waals surface area contributed by atoms with Crippen LogP contribution in [-0.2, 0) is 6.61 Å². The molecule has 0 aliphatic heterocycles. The molecule has 24 heavy (non-hydrogen) atoms. The van der Waals surface area contributed by atoms with Crippen molar-refractivity contribution in [1.29, 1.82) is 0 Å². The van der Waals surface area contributed by atoms with E-state index in [0.29, 0.717) is 11.5 Å². The number of para-hydroxylation sites is 1. The Balaban J connectivity index is 1.59. The third kappa shape index (κ3) is 4.14. The highest BCUT2D eigenvalue weighted by atomic mass is 32.1. The summed E-state index contributed by atoms with van der Waals surface area (Å²) in [5.74, 6) is 1.37. The fraction of sp³-hybridized carbons (Fsp3) is 0.105. The molecule has 4 nitrogen and oxygen atoms in total. The number of thiophene rings is 1. The van der Waals surface area contributed by atoms with E-state index in [1.165, 1.54) is 11.3 Å². The van der Waals surface area contributed by atoms with Gasteiger partial charge in [-0.25, -0.2) is 0 Å². The summed E-state index contributed by atoms with van der Waals surface area (Å²) in [5, 5.41) is 4.81. The van der Waals surface area contributed by atoms with Gasteiger partial charge in [0.15, 0.2) is 0 Å². The van der Waals surface area contributed by atoms with Crippen molar-refractivity contribution < 1.29 is 14.3 Å². The maximum Gasteiger partial charge on any atom is 0.265 e. The number of anilines is 1. The standard InChI is InChI=1S/C19H17NO3S/c1-22-16-8-5-9-17(11-16)23-12-14-10-18(24-13-14)19(21)20-15-6-3-2-4-7-15/h2-11,13H,12H2,1H3,(H,20,21). The van der Waals surface area contributed by atoms with E-state index in [9.17, 15) is 4.79 Å². The first-order chi connectivity index (χ1) is 11.7. The van der Waals surface area contributed by atoms with Gasteiger partial charge in [0, 0.05) is 17.3 Å². The summed E-state index contributed by atoms with van der Waals surface area (Å²) in [7, 11) is 1.62. The lowest BCUT2D eigenvalue weighted by Gasteiger charge is -2.06. The number of benzene rings is 2. The van der Waals surface area contributed by atoms with E-state index in [4.69, 9.17) is 9.47 Å². The molecule has 5 heteroatoms. The van der Waals surface area contributed by atoms with Crippen LogP contribution >= 0.6 is 11.3 Å². The molecule has 0 bridgehead atoms. The number of ether oxygens (including phenoxy) is 2. The number of nitrogens with one attached hydrogen (secondary N) is 1. The molecular weight excluding hydrogens is 322 g/mol. The Kier molecular flexibility index (Phi) is 5.13. The second-order valence-corrected chi connectivity index (χ2v) is 6.02. The molecule has 0 aliphatic rings. The van der Waals surface area contributed by atoms with Gasteiger partial charge in [0.25, 0.3) is 5.91 Å². The Morgan fingerprint density at radius 2 is 1.83 bits per heavy atom. The Morgan fingerprint density at radius 1 is 1.04 bits per heavy atom. The molecule has 0 saturated carbocycles. The number of carbonyl (C=O) groups excluding carboxylic acids is 1.